The minimum absolute atomic E-state index is 0.114. The molecule has 0 aromatic carbocycles. The standard InChI is InChI=1S/C15H27NO/c1-14(13-7-3-2-4-8-13)11-16-12-15(17-14)9-5-6-10-15/h13,16H,2-12H2,1H3. The van der Waals surface area contributed by atoms with Gasteiger partial charge in [0.1, 0.15) is 0 Å². The molecule has 2 heteroatoms. The summed E-state index contributed by atoms with van der Waals surface area (Å²) < 4.78 is 6.70. The largest absolute Gasteiger partial charge is 0.366 e. The molecule has 2 saturated carbocycles. The van der Waals surface area contributed by atoms with E-state index < -0.39 is 0 Å². The molecule has 1 heterocycles. The summed E-state index contributed by atoms with van der Waals surface area (Å²) in [6, 6.07) is 0. The zero-order valence-electron chi connectivity index (χ0n) is 11.3. The van der Waals surface area contributed by atoms with Crippen LogP contribution in [0.25, 0.3) is 0 Å². The molecule has 2 aliphatic carbocycles. The van der Waals surface area contributed by atoms with Crippen LogP contribution in [0.5, 0.6) is 0 Å². The molecule has 98 valence electrons. The maximum absolute atomic E-state index is 6.70. The molecular formula is C15H27NO. The van der Waals surface area contributed by atoms with E-state index in [-0.39, 0.29) is 11.2 Å². The van der Waals surface area contributed by atoms with Crippen molar-refractivity contribution in [1.29, 1.82) is 0 Å². The molecule has 2 nitrogen and oxygen atoms in total. The fourth-order valence-corrected chi connectivity index (χ4v) is 4.34. The summed E-state index contributed by atoms with van der Waals surface area (Å²) in [5, 5.41) is 3.68. The van der Waals surface area contributed by atoms with Crippen molar-refractivity contribution in [3.63, 3.8) is 0 Å². The van der Waals surface area contributed by atoms with Gasteiger partial charge in [0.15, 0.2) is 0 Å². The highest BCUT2D eigenvalue weighted by Crippen LogP contribution is 2.44. The second kappa shape index (κ2) is 4.55. The van der Waals surface area contributed by atoms with Crippen molar-refractivity contribution in [3.8, 4) is 0 Å². The molecule has 0 aromatic heterocycles. The monoisotopic (exact) mass is 237 g/mol. The maximum atomic E-state index is 6.70. The second-order valence-corrected chi connectivity index (χ2v) is 6.74. The maximum Gasteiger partial charge on any atom is 0.0814 e. The van der Waals surface area contributed by atoms with Gasteiger partial charge >= 0.3 is 0 Å². The van der Waals surface area contributed by atoms with E-state index in [0.717, 1.165) is 19.0 Å². The van der Waals surface area contributed by atoms with Gasteiger partial charge in [0, 0.05) is 13.1 Å². The third kappa shape index (κ3) is 2.26. The summed E-state index contributed by atoms with van der Waals surface area (Å²) in [6.45, 7) is 4.53. The van der Waals surface area contributed by atoms with Gasteiger partial charge in [0.05, 0.1) is 11.2 Å². The van der Waals surface area contributed by atoms with Crippen LogP contribution in [0.4, 0.5) is 0 Å². The summed E-state index contributed by atoms with van der Waals surface area (Å²) >= 11 is 0. The minimum atomic E-state index is 0.114. The Hall–Kier alpha value is -0.0800. The Balaban J connectivity index is 1.72. The van der Waals surface area contributed by atoms with Gasteiger partial charge in [0.2, 0.25) is 0 Å². The molecule has 1 unspecified atom stereocenters. The fourth-order valence-electron chi connectivity index (χ4n) is 4.34. The molecule has 3 rings (SSSR count). The molecule has 1 aliphatic heterocycles. The van der Waals surface area contributed by atoms with Crippen LogP contribution in [0.1, 0.15) is 64.7 Å². The van der Waals surface area contributed by atoms with Crippen LogP contribution in [0.3, 0.4) is 0 Å². The highest BCUT2D eigenvalue weighted by Gasteiger charge is 2.47. The number of ether oxygens (including phenoxy) is 1. The van der Waals surface area contributed by atoms with Gasteiger partial charge in [-0.05, 0) is 38.5 Å². The van der Waals surface area contributed by atoms with E-state index >= 15 is 0 Å². The first-order chi connectivity index (χ1) is 8.23. The Morgan fingerprint density at radius 1 is 0.941 bits per heavy atom. The van der Waals surface area contributed by atoms with E-state index in [1.807, 2.05) is 0 Å². The van der Waals surface area contributed by atoms with Gasteiger partial charge in [-0.25, -0.2) is 0 Å². The predicted molar refractivity (Wildman–Crippen MR) is 70.1 cm³/mol. The minimum Gasteiger partial charge on any atom is -0.366 e. The molecule has 0 bridgehead atoms. The number of nitrogens with one attached hydrogen (secondary N) is 1. The Kier molecular flexibility index (Phi) is 3.20. The van der Waals surface area contributed by atoms with E-state index in [4.69, 9.17) is 4.74 Å². The summed E-state index contributed by atoms with van der Waals surface area (Å²) in [5.41, 5.74) is 0.313. The molecule has 1 N–H and O–H groups in total. The van der Waals surface area contributed by atoms with E-state index in [0.29, 0.717) is 0 Å². The lowest BCUT2D eigenvalue weighted by Crippen LogP contribution is -2.61. The predicted octanol–water partition coefficient (Wildman–Crippen LogP) is 3.26. The summed E-state index contributed by atoms with van der Waals surface area (Å²) in [4.78, 5) is 0. The number of hydrogen-bond donors (Lipinski definition) is 1. The molecular weight excluding hydrogens is 210 g/mol. The smallest absolute Gasteiger partial charge is 0.0814 e. The summed E-state index contributed by atoms with van der Waals surface area (Å²) in [7, 11) is 0. The Morgan fingerprint density at radius 3 is 2.35 bits per heavy atom. The van der Waals surface area contributed by atoms with E-state index in [1.165, 1.54) is 57.8 Å². The van der Waals surface area contributed by atoms with Gasteiger partial charge in [-0.3, -0.25) is 0 Å². The van der Waals surface area contributed by atoms with Crippen LogP contribution in [-0.2, 0) is 4.74 Å². The van der Waals surface area contributed by atoms with Crippen LogP contribution >= 0.6 is 0 Å². The zero-order valence-corrected chi connectivity index (χ0v) is 11.3. The zero-order chi connectivity index (χ0) is 11.8. The average molecular weight is 237 g/mol. The van der Waals surface area contributed by atoms with Crippen molar-refractivity contribution in [2.75, 3.05) is 13.1 Å². The molecule has 0 radical (unpaired) electrons. The Morgan fingerprint density at radius 2 is 1.65 bits per heavy atom. The lowest BCUT2D eigenvalue weighted by molar-refractivity contribution is -0.195. The second-order valence-electron chi connectivity index (χ2n) is 6.74. The molecule has 3 fully saturated rings. The molecule has 0 aromatic rings. The third-order valence-corrected chi connectivity index (χ3v) is 5.36. The molecule has 1 spiro atoms. The lowest BCUT2D eigenvalue weighted by atomic mass is 9.76. The van der Waals surface area contributed by atoms with Crippen molar-refractivity contribution in [2.24, 2.45) is 5.92 Å². The molecule has 1 saturated heterocycles. The summed E-state index contributed by atoms with van der Waals surface area (Å²) in [6.07, 6.45) is 12.3. The SMILES string of the molecule is CC1(C2CCCCC2)CNCC2(CCCC2)O1. The number of hydrogen-bond acceptors (Lipinski definition) is 2. The molecule has 1 atom stereocenters. The van der Waals surface area contributed by atoms with Gasteiger partial charge in [-0.2, -0.15) is 0 Å². The van der Waals surface area contributed by atoms with Crippen molar-refractivity contribution >= 4 is 0 Å². The molecule has 3 aliphatic rings. The van der Waals surface area contributed by atoms with Crippen molar-refractivity contribution < 1.29 is 4.74 Å². The summed E-state index contributed by atoms with van der Waals surface area (Å²) in [5.74, 6) is 0.793. The van der Waals surface area contributed by atoms with E-state index in [2.05, 4.69) is 12.2 Å². The normalized spacial score (nSPS) is 38.6. The van der Waals surface area contributed by atoms with Crippen molar-refractivity contribution in [3.05, 3.63) is 0 Å². The molecule has 17 heavy (non-hydrogen) atoms. The van der Waals surface area contributed by atoms with Gasteiger partial charge in [-0.1, -0.05) is 32.1 Å². The van der Waals surface area contributed by atoms with Crippen molar-refractivity contribution in [1.82, 2.24) is 5.32 Å². The van der Waals surface area contributed by atoms with Gasteiger partial charge in [0.25, 0.3) is 0 Å². The lowest BCUT2D eigenvalue weighted by Gasteiger charge is -2.50. The van der Waals surface area contributed by atoms with Crippen LogP contribution in [-0.4, -0.2) is 24.3 Å². The van der Waals surface area contributed by atoms with Crippen LogP contribution in [0.2, 0.25) is 0 Å². The first kappa shape index (κ1) is 12.0. The fraction of sp³-hybridized carbons (Fsp3) is 1.00. The topological polar surface area (TPSA) is 21.3 Å². The first-order valence-corrected chi connectivity index (χ1v) is 7.63. The Labute approximate surface area is 105 Å². The van der Waals surface area contributed by atoms with E-state index in [9.17, 15) is 0 Å². The van der Waals surface area contributed by atoms with Gasteiger partial charge < -0.3 is 10.1 Å². The van der Waals surface area contributed by atoms with E-state index in [1.54, 1.807) is 0 Å². The third-order valence-electron chi connectivity index (χ3n) is 5.36. The van der Waals surface area contributed by atoms with Crippen LogP contribution in [0.15, 0.2) is 0 Å². The van der Waals surface area contributed by atoms with Crippen LogP contribution < -0.4 is 5.32 Å². The molecule has 0 amide bonds. The van der Waals surface area contributed by atoms with Crippen LogP contribution in [0, 0.1) is 5.92 Å². The number of rotatable bonds is 1. The number of morpholine rings is 1. The quantitative estimate of drug-likeness (QED) is 0.756. The highest BCUT2D eigenvalue weighted by atomic mass is 16.5. The van der Waals surface area contributed by atoms with Gasteiger partial charge in [-0.15, -0.1) is 0 Å². The average Bonchev–Trinajstić information content (AvgIpc) is 2.78. The Bertz CT molecular complexity index is 266. The highest BCUT2D eigenvalue weighted by molar-refractivity contribution is 5.00. The van der Waals surface area contributed by atoms with Crippen molar-refractivity contribution in [2.45, 2.75) is 75.9 Å². The first-order valence-electron chi connectivity index (χ1n) is 7.63.